The number of fused-ring (bicyclic) bond motifs is 1. The molecule has 1 saturated heterocycles. The van der Waals surface area contributed by atoms with Gasteiger partial charge in [0.2, 0.25) is 6.23 Å². The predicted octanol–water partition coefficient (Wildman–Crippen LogP) is 1.64. The molecule has 3 unspecified atom stereocenters. The van der Waals surface area contributed by atoms with Crippen LogP contribution in [-0.2, 0) is 20.7 Å². The van der Waals surface area contributed by atoms with Gasteiger partial charge in [0.15, 0.2) is 17.1 Å². The standard InChI is InChI=1S/C15H19N3O5S/c1-7-5-9-11(10(20)6-7)24-14(16-9)18-13(23-8(2)19)12(22-4)17(3)15(18)21/h7,12-13H,5-6H2,1-4H3. The molecule has 2 heterocycles. The molecule has 8 nitrogen and oxygen atoms in total. The van der Waals surface area contributed by atoms with Crippen molar-refractivity contribution in [2.75, 3.05) is 19.1 Å². The first-order valence-corrected chi connectivity index (χ1v) is 8.44. The second kappa shape index (κ2) is 6.14. The van der Waals surface area contributed by atoms with Gasteiger partial charge in [-0.1, -0.05) is 18.3 Å². The van der Waals surface area contributed by atoms with Gasteiger partial charge in [-0.2, -0.15) is 0 Å². The number of amides is 2. The number of nitrogens with zero attached hydrogens (tertiary/aromatic N) is 3. The number of methoxy groups -OCH3 is 1. The first-order chi connectivity index (χ1) is 11.3. The molecule has 3 rings (SSSR count). The lowest BCUT2D eigenvalue weighted by molar-refractivity contribution is -0.155. The number of hydrogen-bond acceptors (Lipinski definition) is 7. The summed E-state index contributed by atoms with van der Waals surface area (Å²) >= 11 is 1.16. The zero-order valence-electron chi connectivity index (χ0n) is 13.9. The summed E-state index contributed by atoms with van der Waals surface area (Å²) in [6.45, 7) is 3.27. The van der Waals surface area contributed by atoms with Crippen LogP contribution in [0.5, 0.6) is 0 Å². The molecular formula is C15H19N3O5S. The molecule has 9 heteroatoms. The number of hydrogen-bond donors (Lipinski definition) is 0. The minimum absolute atomic E-state index is 0.0415. The Bertz CT molecular complexity index is 703. The maximum Gasteiger partial charge on any atom is 0.331 e. The molecule has 2 amide bonds. The summed E-state index contributed by atoms with van der Waals surface area (Å²) in [7, 11) is 3.00. The third-order valence-electron chi connectivity index (χ3n) is 4.14. The molecular weight excluding hydrogens is 334 g/mol. The average molecular weight is 353 g/mol. The molecule has 1 aromatic heterocycles. The van der Waals surface area contributed by atoms with Crippen LogP contribution >= 0.6 is 11.3 Å². The van der Waals surface area contributed by atoms with Crippen molar-refractivity contribution in [3.63, 3.8) is 0 Å². The van der Waals surface area contributed by atoms with Crippen molar-refractivity contribution < 1.29 is 23.9 Å². The van der Waals surface area contributed by atoms with E-state index in [2.05, 4.69) is 4.98 Å². The third kappa shape index (κ3) is 2.67. The number of likely N-dealkylation sites (N-methyl/N-ethyl adjacent to an activating group) is 1. The van der Waals surface area contributed by atoms with E-state index >= 15 is 0 Å². The van der Waals surface area contributed by atoms with Gasteiger partial charge < -0.3 is 9.47 Å². The summed E-state index contributed by atoms with van der Waals surface area (Å²) in [5.41, 5.74) is 0.705. The summed E-state index contributed by atoms with van der Waals surface area (Å²) in [6, 6.07) is -0.389. The van der Waals surface area contributed by atoms with Gasteiger partial charge in [0.25, 0.3) is 0 Å². The van der Waals surface area contributed by atoms with E-state index in [9.17, 15) is 14.4 Å². The molecule has 1 aliphatic heterocycles. The number of urea groups is 1. The fourth-order valence-corrected chi connectivity index (χ4v) is 4.13. The normalized spacial score (nSPS) is 26.8. The fourth-order valence-electron chi connectivity index (χ4n) is 3.06. The zero-order chi connectivity index (χ0) is 17.6. The van der Waals surface area contributed by atoms with Crippen LogP contribution < -0.4 is 4.90 Å². The minimum atomic E-state index is -0.940. The zero-order valence-corrected chi connectivity index (χ0v) is 14.8. The molecule has 130 valence electrons. The number of Topliss-reactive ketones (excluding diaryl/α,β-unsaturated/α-hetero) is 1. The molecule has 0 saturated carbocycles. The maximum atomic E-state index is 12.6. The van der Waals surface area contributed by atoms with Gasteiger partial charge in [-0.05, 0) is 12.3 Å². The van der Waals surface area contributed by atoms with E-state index in [1.54, 1.807) is 7.05 Å². The van der Waals surface area contributed by atoms with E-state index in [0.717, 1.165) is 11.3 Å². The lowest BCUT2D eigenvalue weighted by Gasteiger charge is -2.23. The molecule has 3 atom stereocenters. The molecule has 24 heavy (non-hydrogen) atoms. The van der Waals surface area contributed by atoms with Crippen LogP contribution in [0, 0.1) is 5.92 Å². The Morgan fingerprint density at radius 3 is 2.62 bits per heavy atom. The van der Waals surface area contributed by atoms with Gasteiger partial charge in [0.05, 0.1) is 10.6 Å². The molecule has 1 aliphatic carbocycles. The van der Waals surface area contributed by atoms with E-state index in [4.69, 9.17) is 9.47 Å². The molecule has 0 bridgehead atoms. The number of carbonyl (C=O) groups excluding carboxylic acids is 3. The number of ketones is 1. The summed E-state index contributed by atoms with van der Waals surface area (Å²) in [5.74, 6) is -0.256. The van der Waals surface area contributed by atoms with Crippen molar-refractivity contribution in [3.05, 3.63) is 10.6 Å². The van der Waals surface area contributed by atoms with Crippen LogP contribution in [0.15, 0.2) is 0 Å². The topological polar surface area (TPSA) is 89.0 Å². The summed E-state index contributed by atoms with van der Waals surface area (Å²) < 4.78 is 10.6. The van der Waals surface area contributed by atoms with E-state index in [0.29, 0.717) is 28.5 Å². The number of carbonyl (C=O) groups is 3. The van der Waals surface area contributed by atoms with Crippen molar-refractivity contribution in [2.45, 2.75) is 39.1 Å². The Morgan fingerprint density at radius 1 is 1.29 bits per heavy atom. The second-order valence-corrected chi connectivity index (χ2v) is 7.08. The first-order valence-electron chi connectivity index (χ1n) is 7.62. The van der Waals surface area contributed by atoms with Crippen molar-refractivity contribution >= 4 is 34.3 Å². The van der Waals surface area contributed by atoms with Crippen molar-refractivity contribution in [1.82, 2.24) is 9.88 Å². The summed E-state index contributed by atoms with van der Waals surface area (Å²) in [5, 5.41) is 0.352. The third-order valence-corrected chi connectivity index (χ3v) is 5.28. The Hall–Kier alpha value is -2.00. The van der Waals surface area contributed by atoms with Gasteiger partial charge in [-0.3, -0.25) is 14.5 Å². The minimum Gasteiger partial charge on any atom is -0.436 e. The summed E-state index contributed by atoms with van der Waals surface area (Å²) in [4.78, 5) is 43.9. The lowest BCUT2D eigenvalue weighted by atomic mass is 9.92. The second-order valence-electron chi connectivity index (χ2n) is 6.10. The highest BCUT2D eigenvalue weighted by molar-refractivity contribution is 7.17. The van der Waals surface area contributed by atoms with E-state index in [-0.39, 0.29) is 17.7 Å². The predicted molar refractivity (Wildman–Crippen MR) is 85.9 cm³/mol. The van der Waals surface area contributed by atoms with Crippen LogP contribution in [0.3, 0.4) is 0 Å². The van der Waals surface area contributed by atoms with Gasteiger partial charge in [-0.15, -0.1) is 0 Å². The smallest absolute Gasteiger partial charge is 0.331 e. The summed E-state index contributed by atoms with van der Waals surface area (Å²) in [6.07, 6.45) is -0.500. The van der Waals surface area contributed by atoms with Crippen molar-refractivity contribution in [3.8, 4) is 0 Å². The molecule has 0 aromatic carbocycles. The monoisotopic (exact) mass is 353 g/mol. The Morgan fingerprint density at radius 2 is 2.00 bits per heavy atom. The van der Waals surface area contributed by atoms with Crippen LogP contribution in [0.25, 0.3) is 0 Å². The number of rotatable bonds is 3. The highest BCUT2D eigenvalue weighted by Gasteiger charge is 2.49. The highest BCUT2D eigenvalue weighted by Crippen LogP contribution is 2.37. The van der Waals surface area contributed by atoms with Crippen LogP contribution in [0.1, 0.15) is 35.6 Å². The van der Waals surface area contributed by atoms with E-state index < -0.39 is 18.4 Å². The first kappa shape index (κ1) is 16.8. The molecule has 0 N–H and O–H groups in total. The Labute approximate surface area is 143 Å². The molecule has 1 aromatic rings. The quantitative estimate of drug-likeness (QED) is 0.768. The Balaban J connectivity index is 2.00. The average Bonchev–Trinajstić information content (AvgIpc) is 2.99. The number of esters is 1. The number of aromatic nitrogens is 1. The molecule has 0 radical (unpaired) electrons. The van der Waals surface area contributed by atoms with Crippen molar-refractivity contribution in [1.29, 1.82) is 0 Å². The van der Waals surface area contributed by atoms with Gasteiger partial charge in [0, 0.05) is 27.5 Å². The number of ether oxygens (including phenoxy) is 2. The molecule has 2 aliphatic rings. The van der Waals surface area contributed by atoms with Crippen LogP contribution in [-0.4, -0.2) is 54.3 Å². The van der Waals surface area contributed by atoms with Gasteiger partial charge in [-0.25, -0.2) is 14.7 Å². The Kier molecular flexibility index (Phi) is 4.31. The number of thiazole rings is 1. The molecule has 1 fully saturated rings. The lowest BCUT2D eigenvalue weighted by Crippen LogP contribution is -2.41. The van der Waals surface area contributed by atoms with E-state index in [1.807, 2.05) is 6.92 Å². The highest BCUT2D eigenvalue weighted by atomic mass is 32.1. The maximum absolute atomic E-state index is 12.6. The number of anilines is 1. The van der Waals surface area contributed by atoms with Crippen molar-refractivity contribution in [2.24, 2.45) is 5.92 Å². The fraction of sp³-hybridized carbons (Fsp3) is 0.600. The van der Waals surface area contributed by atoms with Gasteiger partial charge >= 0.3 is 12.0 Å². The van der Waals surface area contributed by atoms with Gasteiger partial charge in [0.1, 0.15) is 0 Å². The molecule has 0 spiro atoms. The van der Waals surface area contributed by atoms with Crippen LogP contribution in [0.4, 0.5) is 9.93 Å². The van der Waals surface area contributed by atoms with E-state index in [1.165, 1.54) is 23.8 Å². The largest absolute Gasteiger partial charge is 0.436 e. The SMILES string of the molecule is COC1C(OC(C)=O)N(c2nc3c(s2)C(=O)CC(C)C3)C(=O)N1C. The van der Waals surface area contributed by atoms with Crippen LogP contribution in [0.2, 0.25) is 0 Å².